The summed E-state index contributed by atoms with van der Waals surface area (Å²) in [5.74, 6) is 0.936. The lowest BCUT2D eigenvalue weighted by Crippen LogP contribution is -2.44. The van der Waals surface area contributed by atoms with Gasteiger partial charge in [-0.15, -0.1) is 0 Å². The summed E-state index contributed by atoms with van der Waals surface area (Å²) >= 11 is 0. The summed E-state index contributed by atoms with van der Waals surface area (Å²) in [6.07, 6.45) is 3.43. The number of rotatable bonds is 10. The van der Waals surface area contributed by atoms with Crippen molar-refractivity contribution in [1.29, 1.82) is 0 Å². The molecule has 0 spiro atoms. The molecule has 2 heterocycles. The molecule has 1 aromatic rings. The molecule has 1 saturated heterocycles. The van der Waals surface area contributed by atoms with Crippen molar-refractivity contribution < 1.29 is 0 Å². The maximum atomic E-state index is 4.70. The molecule has 7 heteroatoms. The Kier molecular flexibility index (Phi) is 9.62. The van der Waals surface area contributed by atoms with Gasteiger partial charge < -0.3 is 20.4 Å². The average molecular weight is 378 g/mol. The molecule has 7 nitrogen and oxygen atoms in total. The van der Waals surface area contributed by atoms with Crippen molar-refractivity contribution in [2.75, 3.05) is 59.4 Å². The van der Waals surface area contributed by atoms with Crippen LogP contribution in [0.4, 0.5) is 0 Å². The third kappa shape index (κ3) is 8.30. The quantitative estimate of drug-likeness (QED) is 0.367. The van der Waals surface area contributed by atoms with E-state index in [1.54, 1.807) is 0 Å². The first-order valence-electron chi connectivity index (χ1n) is 10.5. The summed E-state index contributed by atoms with van der Waals surface area (Å²) in [5.41, 5.74) is 2.31. The predicted octanol–water partition coefficient (Wildman–Crippen LogP) is 1.47. The van der Waals surface area contributed by atoms with Crippen molar-refractivity contribution in [2.24, 2.45) is 4.99 Å². The lowest BCUT2D eigenvalue weighted by atomic mass is 10.2. The summed E-state index contributed by atoms with van der Waals surface area (Å²) in [7, 11) is 2.21. The Labute approximate surface area is 165 Å². The first-order valence-corrected chi connectivity index (χ1v) is 10.5. The predicted molar refractivity (Wildman–Crippen MR) is 113 cm³/mol. The maximum absolute atomic E-state index is 4.70. The molecule has 2 N–H and O–H groups in total. The number of guanidine groups is 1. The number of aromatic nitrogens is 2. The third-order valence-electron chi connectivity index (χ3n) is 5.03. The van der Waals surface area contributed by atoms with Crippen LogP contribution < -0.4 is 10.6 Å². The van der Waals surface area contributed by atoms with Gasteiger partial charge in [0.05, 0.1) is 5.69 Å². The van der Waals surface area contributed by atoms with Crippen molar-refractivity contribution in [2.45, 2.75) is 46.6 Å². The normalized spacial score (nSPS) is 16.7. The van der Waals surface area contributed by atoms with Crippen LogP contribution in [0.25, 0.3) is 0 Å². The Hall–Kier alpha value is -1.60. The van der Waals surface area contributed by atoms with Crippen LogP contribution in [0.2, 0.25) is 0 Å². The van der Waals surface area contributed by atoms with E-state index in [1.165, 1.54) is 51.3 Å². The van der Waals surface area contributed by atoms with Crippen molar-refractivity contribution in [3.63, 3.8) is 0 Å². The molecule has 0 bridgehead atoms. The van der Waals surface area contributed by atoms with E-state index in [9.17, 15) is 0 Å². The first kappa shape index (κ1) is 21.7. The number of aryl methyl sites for hydroxylation is 3. The van der Waals surface area contributed by atoms with Crippen molar-refractivity contribution in [3.8, 4) is 0 Å². The molecule has 1 aliphatic rings. The summed E-state index contributed by atoms with van der Waals surface area (Å²) in [5, 5.41) is 11.3. The van der Waals surface area contributed by atoms with E-state index in [0.29, 0.717) is 0 Å². The number of unbranched alkanes of at least 4 members (excludes halogenated alkanes) is 1. The van der Waals surface area contributed by atoms with Gasteiger partial charge in [-0.2, -0.15) is 5.10 Å². The van der Waals surface area contributed by atoms with Gasteiger partial charge in [0.15, 0.2) is 5.96 Å². The SMILES string of the molecule is CCNC(=NCCCn1nc(C)cc1C)NCCCCN1CCN(C)CC1. The molecule has 0 unspecified atom stereocenters. The van der Waals surface area contributed by atoms with Gasteiger partial charge in [-0.05, 0) is 59.7 Å². The molecule has 1 fully saturated rings. The standard InChI is InChI=1S/C20H39N7/c1-5-21-20(23-10-8-12-27-19(3)17-18(2)24-27)22-9-6-7-11-26-15-13-25(4)14-16-26/h17H,5-16H2,1-4H3,(H2,21,22,23). The van der Waals surface area contributed by atoms with Gasteiger partial charge >= 0.3 is 0 Å². The summed E-state index contributed by atoms with van der Waals surface area (Å²) in [6.45, 7) is 15.9. The lowest BCUT2D eigenvalue weighted by molar-refractivity contribution is 0.152. The minimum absolute atomic E-state index is 0.814. The van der Waals surface area contributed by atoms with Gasteiger partial charge in [0.25, 0.3) is 0 Å². The molecule has 0 aromatic carbocycles. The zero-order valence-electron chi connectivity index (χ0n) is 17.8. The minimum atomic E-state index is 0.814. The highest BCUT2D eigenvalue weighted by Gasteiger charge is 2.12. The number of piperazine rings is 1. The molecule has 1 aromatic heterocycles. The van der Waals surface area contributed by atoms with Gasteiger partial charge in [-0.25, -0.2) is 0 Å². The van der Waals surface area contributed by atoms with Crippen LogP contribution in [0, 0.1) is 13.8 Å². The maximum Gasteiger partial charge on any atom is 0.191 e. The van der Waals surface area contributed by atoms with Crippen LogP contribution in [0.15, 0.2) is 11.1 Å². The van der Waals surface area contributed by atoms with E-state index in [2.05, 4.69) is 57.2 Å². The van der Waals surface area contributed by atoms with Crippen LogP contribution in [-0.2, 0) is 6.54 Å². The highest BCUT2D eigenvalue weighted by atomic mass is 15.3. The Balaban J connectivity index is 1.59. The average Bonchev–Trinajstić information content (AvgIpc) is 2.97. The summed E-state index contributed by atoms with van der Waals surface area (Å²) in [6, 6.07) is 2.12. The third-order valence-corrected chi connectivity index (χ3v) is 5.03. The summed E-state index contributed by atoms with van der Waals surface area (Å²) in [4.78, 5) is 9.69. The van der Waals surface area contributed by atoms with Crippen LogP contribution in [0.1, 0.15) is 37.6 Å². The molecule has 27 heavy (non-hydrogen) atoms. The molecule has 0 atom stereocenters. The molecular weight excluding hydrogens is 338 g/mol. The van der Waals surface area contributed by atoms with Gasteiger partial charge in [0.2, 0.25) is 0 Å². The number of likely N-dealkylation sites (N-methyl/N-ethyl adjacent to an activating group) is 1. The van der Waals surface area contributed by atoms with Gasteiger partial charge in [-0.3, -0.25) is 9.67 Å². The van der Waals surface area contributed by atoms with Crippen LogP contribution >= 0.6 is 0 Å². The Morgan fingerprint density at radius 1 is 1.07 bits per heavy atom. The van der Waals surface area contributed by atoms with Crippen LogP contribution in [-0.4, -0.2) is 84.9 Å². The number of nitrogens with zero attached hydrogens (tertiary/aromatic N) is 5. The first-order chi connectivity index (χ1) is 13.1. The fourth-order valence-corrected chi connectivity index (χ4v) is 3.39. The van der Waals surface area contributed by atoms with E-state index in [4.69, 9.17) is 4.99 Å². The van der Waals surface area contributed by atoms with Crippen molar-refractivity contribution in [3.05, 3.63) is 17.5 Å². The number of hydrogen-bond donors (Lipinski definition) is 2. The van der Waals surface area contributed by atoms with E-state index in [0.717, 1.165) is 44.3 Å². The molecule has 0 aliphatic carbocycles. The van der Waals surface area contributed by atoms with Gasteiger partial charge in [-0.1, -0.05) is 0 Å². The molecule has 1 aliphatic heterocycles. The fraction of sp³-hybridized carbons (Fsp3) is 0.800. The zero-order chi connectivity index (χ0) is 19.5. The van der Waals surface area contributed by atoms with E-state index in [1.807, 2.05) is 6.92 Å². The second kappa shape index (κ2) is 12.0. The van der Waals surface area contributed by atoms with Gasteiger partial charge in [0.1, 0.15) is 0 Å². The molecule has 154 valence electrons. The topological polar surface area (TPSA) is 60.7 Å². The fourth-order valence-electron chi connectivity index (χ4n) is 3.39. The molecular formula is C20H39N7. The van der Waals surface area contributed by atoms with Crippen molar-refractivity contribution >= 4 is 5.96 Å². The molecule has 0 saturated carbocycles. The molecule has 0 amide bonds. The van der Waals surface area contributed by atoms with E-state index >= 15 is 0 Å². The lowest BCUT2D eigenvalue weighted by Gasteiger charge is -2.32. The number of aliphatic imine (C=N–C) groups is 1. The molecule has 0 radical (unpaired) electrons. The Morgan fingerprint density at radius 2 is 1.85 bits per heavy atom. The largest absolute Gasteiger partial charge is 0.357 e. The second-order valence-electron chi connectivity index (χ2n) is 7.54. The zero-order valence-corrected chi connectivity index (χ0v) is 17.8. The van der Waals surface area contributed by atoms with E-state index < -0.39 is 0 Å². The van der Waals surface area contributed by atoms with Gasteiger partial charge in [0, 0.05) is 58.1 Å². The minimum Gasteiger partial charge on any atom is -0.357 e. The van der Waals surface area contributed by atoms with E-state index in [-0.39, 0.29) is 0 Å². The monoisotopic (exact) mass is 377 g/mol. The highest BCUT2D eigenvalue weighted by Crippen LogP contribution is 2.03. The van der Waals surface area contributed by atoms with Crippen LogP contribution in [0.3, 0.4) is 0 Å². The highest BCUT2D eigenvalue weighted by molar-refractivity contribution is 5.79. The summed E-state index contributed by atoms with van der Waals surface area (Å²) < 4.78 is 2.07. The smallest absolute Gasteiger partial charge is 0.191 e. The van der Waals surface area contributed by atoms with Crippen molar-refractivity contribution in [1.82, 2.24) is 30.2 Å². The Morgan fingerprint density at radius 3 is 2.52 bits per heavy atom. The second-order valence-corrected chi connectivity index (χ2v) is 7.54. The number of hydrogen-bond acceptors (Lipinski definition) is 4. The Bertz CT molecular complexity index is 559. The molecule has 2 rings (SSSR count). The number of nitrogens with one attached hydrogen (secondary N) is 2. The van der Waals surface area contributed by atoms with Crippen LogP contribution in [0.5, 0.6) is 0 Å².